The summed E-state index contributed by atoms with van der Waals surface area (Å²) in [4.78, 5) is 22.5. The van der Waals surface area contributed by atoms with E-state index in [4.69, 9.17) is 4.42 Å². The third kappa shape index (κ3) is 3.13. The van der Waals surface area contributed by atoms with E-state index in [0.717, 1.165) is 16.3 Å². The molecule has 6 heteroatoms. The number of non-ortho nitro benzene ring substituents is 1. The summed E-state index contributed by atoms with van der Waals surface area (Å²) in [5.41, 5.74) is 1.31. The lowest BCUT2D eigenvalue weighted by Gasteiger charge is -2.18. The minimum absolute atomic E-state index is 0.0581. The first kappa shape index (κ1) is 16.8. The van der Waals surface area contributed by atoms with Gasteiger partial charge in [0, 0.05) is 29.6 Å². The van der Waals surface area contributed by atoms with Crippen LogP contribution < -0.4 is 10.9 Å². The second kappa shape index (κ2) is 6.57. The number of hydrogen-bond donors (Lipinski definition) is 1. The highest BCUT2D eigenvalue weighted by atomic mass is 16.6. The van der Waals surface area contributed by atoms with Crippen molar-refractivity contribution in [3.05, 3.63) is 92.8 Å². The van der Waals surface area contributed by atoms with Crippen LogP contribution >= 0.6 is 0 Å². The zero-order valence-corrected chi connectivity index (χ0v) is 14.5. The zero-order chi connectivity index (χ0) is 19.0. The third-order valence-electron chi connectivity index (χ3n) is 4.60. The van der Waals surface area contributed by atoms with Crippen LogP contribution in [0.5, 0.6) is 0 Å². The molecule has 0 aliphatic heterocycles. The molecule has 4 rings (SSSR count). The smallest absolute Gasteiger partial charge is 0.338 e. The van der Waals surface area contributed by atoms with Gasteiger partial charge in [0.15, 0.2) is 0 Å². The van der Waals surface area contributed by atoms with E-state index < -0.39 is 10.5 Å². The lowest BCUT2D eigenvalue weighted by molar-refractivity contribution is -0.384. The summed E-state index contributed by atoms with van der Waals surface area (Å²) < 4.78 is 5.18. The van der Waals surface area contributed by atoms with Crippen molar-refractivity contribution in [3.63, 3.8) is 0 Å². The molecule has 0 saturated carbocycles. The van der Waals surface area contributed by atoms with Crippen LogP contribution in [0.2, 0.25) is 0 Å². The normalized spacial score (nSPS) is 12.2. The van der Waals surface area contributed by atoms with Crippen molar-refractivity contribution >= 4 is 33.1 Å². The van der Waals surface area contributed by atoms with E-state index >= 15 is 0 Å². The number of fused-ring (bicyclic) bond motifs is 2. The summed E-state index contributed by atoms with van der Waals surface area (Å²) in [5, 5.41) is 17.2. The second-order valence-electron chi connectivity index (χ2n) is 6.35. The molecular weight excluding hydrogens is 344 g/mol. The molecule has 27 heavy (non-hydrogen) atoms. The van der Waals surface area contributed by atoms with Crippen LogP contribution in [0.3, 0.4) is 0 Å². The Hall–Kier alpha value is -3.67. The van der Waals surface area contributed by atoms with Gasteiger partial charge in [0.1, 0.15) is 5.58 Å². The van der Waals surface area contributed by atoms with E-state index in [2.05, 4.69) is 5.32 Å². The van der Waals surface area contributed by atoms with Crippen molar-refractivity contribution in [2.75, 3.05) is 5.32 Å². The molecule has 1 aromatic heterocycles. The van der Waals surface area contributed by atoms with Crippen LogP contribution in [0.4, 0.5) is 11.4 Å². The Kier molecular flexibility index (Phi) is 4.08. The van der Waals surface area contributed by atoms with Gasteiger partial charge in [0.05, 0.1) is 10.6 Å². The Labute approximate surface area is 154 Å². The van der Waals surface area contributed by atoms with Crippen LogP contribution in [0.25, 0.3) is 21.7 Å². The van der Waals surface area contributed by atoms with Crippen molar-refractivity contribution in [3.8, 4) is 0 Å². The SMILES string of the molecule is C[C@H](Nc1cc(=O)oc2ccc([N+](=O)[O-])cc12)c1cccc2ccccc12. The number of anilines is 1. The number of nitro groups is 1. The molecule has 0 radical (unpaired) electrons. The molecule has 3 aromatic carbocycles. The van der Waals surface area contributed by atoms with E-state index in [1.165, 1.54) is 24.3 Å². The van der Waals surface area contributed by atoms with Gasteiger partial charge in [0.25, 0.3) is 5.69 Å². The molecule has 0 amide bonds. The van der Waals surface area contributed by atoms with E-state index in [0.29, 0.717) is 16.7 Å². The predicted molar refractivity (Wildman–Crippen MR) is 105 cm³/mol. The van der Waals surface area contributed by atoms with Gasteiger partial charge in [-0.3, -0.25) is 10.1 Å². The van der Waals surface area contributed by atoms with Gasteiger partial charge in [-0.15, -0.1) is 0 Å². The van der Waals surface area contributed by atoms with Crippen LogP contribution in [0, 0.1) is 10.1 Å². The molecule has 0 aliphatic carbocycles. The highest BCUT2D eigenvalue weighted by Gasteiger charge is 2.15. The Morgan fingerprint density at radius 2 is 1.78 bits per heavy atom. The van der Waals surface area contributed by atoms with E-state index in [1.54, 1.807) is 0 Å². The van der Waals surface area contributed by atoms with Crippen molar-refractivity contribution < 1.29 is 9.34 Å². The lowest BCUT2D eigenvalue weighted by Crippen LogP contribution is -2.10. The minimum Gasteiger partial charge on any atom is -0.423 e. The highest BCUT2D eigenvalue weighted by Crippen LogP contribution is 2.31. The molecule has 0 bridgehead atoms. The lowest BCUT2D eigenvalue weighted by atomic mass is 9.99. The maximum absolute atomic E-state index is 11.9. The molecule has 1 N–H and O–H groups in total. The van der Waals surface area contributed by atoms with Crippen molar-refractivity contribution in [2.24, 2.45) is 0 Å². The molecule has 6 nitrogen and oxygen atoms in total. The number of nitro benzene ring substituents is 1. The Bertz CT molecular complexity index is 1220. The first-order chi connectivity index (χ1) is 13.0. The van der Waals surface area contributed by atoms with Gasteiger partial charge in [-0.25, -0.2) is 4.79 Å². The number of rotatable bonds is 4. The molecule has 0 fully saturated rings. The van der Waals surface area contributed by atoms with E-state index in [9.17, 15) is 14.9 Å². The van der Waals surface area contributed by atoms with Gasteiger partial charge in [0.2, 0.25) is 0 Å². The van der Waals surface area contributed by atoms with Gasteiger partial charge < -0.3 is 9.73 Å². The fourth-order valence-corrected chi connectivity index (χ4v) is 3.32. The molecule has 0 aliphatic rings. The fourth-order valence-electron chi connectivity index (χ4n) is 3.32. The number of nitrogens with one attached hydrogen (secondary N) is 1. The summed E-state index contributed by atoms with van der Waals surface area (Å²) in [5.74, 6) is 0. The molecule has 134 valence electrons. The molecule has 4 aromatic rings. The van der Waals surface area contributed by atoms with Crippen LogP contribution in [-0.4, -0.2) is 4.92 Å². The van der Waals surface area contributed by atoms with Crippen LogP contribution in [0.1, 0.15) is 18.5 Å². The Balaban J connectivity index is 1.81. The molecule has 0 unspecified atom stereocenters. The molecule has 1 atom stereocenters. The quantitative estimate of drug-likeness (QED) is 0.313. The third-order valence-corrected chi connectivity index (χ3v) is 4.60. The first-order valence-corrected chi connectivity index (χ1v) is 8.49. The Morgan fingerprint density at radius 1 is 1.00 bits per heavy atom. The summed E-state index contributed by atoms with van der Waals surface area (Å²) in [7, 11) is 0. The fraction of sp³-hybridized carbons (Fsp3) is 0.0952. The summed E-state index contributed by atoms with van der Waals surface area (Å²) in [6.45, 7) is 1.99. The van der Waals surface area contributed by atoms with Gasteiger partial charge in [-0.2, -0.15) is 0 Å². The van der Waals surface area contributed by atoms with Crippen molar-refractivity contribution in [1.29, 1.82) is 0 Å². The largest absolute Gasteiger partial charge is 0.423 e. The maximum Gasteiger partial charge on any atom is 0.338 e. The summed E-state index contributed by atoms with van der Waals surface area (Å²) >= 11 is 0. The van der Waals surface area contributed by atoms with Gasteiger partial charge >= 0.3 is 5.63 Å². The zero-order valence-electron chi connectivity index (χ0n) is 14.5. The molecular formula is C21H16N2O4. The summed E-state index contributed by atoms with van der Waals surface area (Å²) in [6.07, 6.45) is 0. The molecule has 0 saturated heterocycles. The number of hydrogen-bond acceptors (Lipinski definition) is 5. The molecule has 1 heterocycles. The van der Waals surface area contributed by atoms with Crippen LogP contribution in [-0.2, 0) is 0 Å². The van der Waals surface area contributed by atoms with Gasteiger partial charge in [-0.1, -0.05) is 42.5 Å². The highest BCUT2D eigenvalue weighted by molar-refractivity contribution is 5.92. The summed E-state index contributed by atoms with van der Waals surface area (Å²) in [6, 6.07) is 19.5. The van der Waals surface area contributed by atoms with E-state index in [1.807, 2.05) is 49.4 Å². The number of nitrogens with zero attached hydrogens (tertiary/aromatic N) is 1. The maximum atomic E-state index is 11.9. The second-order valence-corrected chi connectivity index (χ2v) is 6.35. The monoisotopic (exact) mass is 360 g/mol. The van der Waals surface area contributed by atoms with Crippen LogP contribution in [0.15, 0.2) is 75.9 Å². The average Bonchev–Trinajstić information content (AvgIpc) is 2.67. The van der Waals surface area contributed by atoms with Crippen molar-refractivity contribution in [2.45, 2.75) is 13.0 Å². The molecule has 0 spiro atoms. The average molecular weight is 360 g/mol. The topological polar surface area (TPSA) is 85.4 Å². The number of benzene rings is 3. The van der Waals surface area contributed by atoms with Crippen molar-refractivity contribution in [1.82, 2.24) is 0 Å². The standard InChI is InChI=1S/C21H16N2O4/c1-13(16-8-4-6-14-5-2-3-7-17(14)16)22-19-12-21(24)27-20-10-9-15(23(25)26)11-18(19)20/h2-13,22H,1H3/t13-/m0/s1. The predicted octanol–water partition coefficient (Wildman–Crippen LogP) is 5.03. The van der Waals surface area contributed by atoms with Gasteiger partial charge in [-0.05, 0) is 29.3 Å². The minimum atomic E-state index is -0.510. The van der Waals surface area contributed by atoms with E-state index in [-0.39, 0.29) is 11.7 Å². The Morgan fingerprint density at radius 3 is 2.59 bits per heavy atom. The first-order valence-electron chi connectivity index (χ1n) is 8.49.